The van der Waals surface area contributed by atoms with Gasteiger partial charge in [0.2, 0.25) is 11.8 Å². The zero-order chi connectivity index (χ0) is 15.1. The Morgan fingerprint density at radius 2 is 2.10 bits per heavy atom. The largest absolute Gasteiger partial charge is 0.307 e. The first kappa shape index (κ1) is 14.5. The molecule has 3 rings (SSSR count). The molecule has 2 N–H and O–H groups in total. The number of carbonyl (C=O) groups excluding carboxylic acids is 3. The van der Waals surface area contributed by atoms with Crippen LogP contribution in [-0.2, 0) is 9.59 Å². The van der Waals surface area contributed by atoms with E-state index in [1.165, 1.54) is 0 Å². The van der Waals surface area contributed by atoms with Gasteiger partial charge in [-0.25, -0.2) is 0 Å². The Morgan fingerprint density at radius 3 is 2.76 bits per heavy atom. The van der Waals surface area contributed by atoms with Gasteiger partial charge in [-0.1, -0.05) is 0 Å². The fourth-order valence-corrected chi connectivity index (χ4v) is 3.44. The van der Waals surface area contributed by atoms with Crippen molar-refractivity contribution in [1.82, 2.24) is 15.5 Å². The molecule has 0 bridgehead atoms. The molecule has 0 spiro atoms. The molecule has 2 atom stereocenters. The van der Waals surface area contributed by atoms with Crippen LogP contribution < -0.4 is 10.6 Å². The first-order chi connectivity index (χ1) is 10.0. The predicted molar refractivity (Wildman–Crippen MR) is 83.3 cm³/mol. The second kappa shape index (κ2) is 5.38. The highest BCUT2D eigenvalue weighted by molar-refractivity contribution is 14.1. The summed E-state index contributed by atoms with van der Waals surface area (Å²) in [5, 5.41) is 5.40. The maximum atomic E-state index is 12.6. The molecule has 1 saturated heterocycles. The minimum absolute atomic E-state index is 0.171. The van der Waals surface area contributed by atoms with Crippen LogP contribution in [0.2, 0.25) is 0 Å². The number of nitrogens with one attached hydrogen (secondary N) is 2. The van der Waals surface area contributed by atoms with Crippen molar-refractivity contribution < 1.29 is 14.4 Å². The predicted octanol–water partition coefficient (Wildman–Crippen LogP) is 0.770. The number of hydrogen-bond acceptors (Lipinski definition) is 4. The molecule has 2 aliphatic heterocycles. The van der Waals surface area contributed by atoms with Crippen molar-refractivity contribution in [3.8, 4) is 0 Å². The van der Waals surface area contributed by atoms with Crippen LogP contribution in [0.3, 0.4) is 0 Å². The molecule has 1 fully saturated rings. The molecule has 2 heterocycles. The van der Waals surface area contributed by atoms with E-state index >= 15 is 0 Å². The summed E-state index contributed by atoms with van der Waals surface area (Å²) in [4.78, 5) is 37.5. The summed E-state index contributed by atoms with van der Waals surface area (Å²) in [6.07, 6.45) is 0.274. The Balaban J connectivity index is 1.99. The lowest BCUT2D eigenvalue weighted by Crippen LogP contribution is -2.55. The highest BCUT2D eigenvalue weighted by Crippen LogP contribution is 2.35. The lowest BCUT2D eigenvalue weighted by atomic mass is 10.0. The van der Waals surface area contributed by atoms with E-state index < -0.39 is 11.9 Å². The average molecular weight is 399 g/mol. The Kier molecular flexibility index (Phi) is 3.70. The normalized spacial score (nSPS) is 25.0. The van der Waals surface area contributed by atoms with Gasteiger partial charge in [-0.3, -0.25) is 25.0 Å². The number of piperidine rings is 1. The number of halogens is 1. The molecule has 110 valence electrons. The van der Waals surface area contributed by atoms with Crippen LogP contribution in [0.15, 0.2) is 18.2 Å². The van der Waals surface area contributed by atoms with Crippen LogP contribution in [-0.4, -0.2) is 35.7 Å². The molecular weight excluding hydrogens is 385 g/mol. The van der Waals surface area contributed by atoms with Gasteiger partial charge in [-0.05, 0) is 54.3 Å². The first-order valence-electron chi connectivity index (χ1n) is 6.66. The molecule has 0 radical (unpaired) electrons. The highest BCUT2D eigenvalue weighted by atomic mass is 127. The maximum Gasteiger partial charge on any atom is 0.256 e. The lowest BCUT2D eigenvalue weighted by molar-refractivity contribution is -0.137. The number of fused-ring (bicyclic) bond motifs is 1. The average Bonchev–Trinajstić information content (AvgIpc) is 2.71. The fraction of sp³-hybridized carbons (Fsp3) is 0.357. The van der Waals surface area contributed by atoms with Crippen molar-refractivity contribution in [2.45, 2.75) is 25.0 Å². The van der Waals surface area contributed by atoms with Crippen LogP contribution in [0.1, 0.15) is 34.9 Å². The highest BCUT2D eigenvalue weighted by Gasteiger charge is 2.44. The van der Waals surface area contributed by atoms with E-state index in [4.69, 9.17) is 0 Å². The van der Waals surface area contributed by atoms with Crippen molar-refractivity contribution in [1.29, 1.82) is 0 Å². The lowest BCUT2D eigenvalue weighted by Gasteiger charge is -2.34. The Labute approximate surface area is 135 Å². The molecule has 1 aromatic rings. The summed E-state index contributed by atoms with van der Waals surface area (Å²) >= 11 is 2.19. The third kappa shape index (κ3) is 2.34. The van der Waals surface area contributed by atoms with E-state index in [-0.39, 0.29) is 24.4 Å². The van der Waals surface area contributed by atoms with Crippen LogP contribution in [0.25, 0.3) is 0 Å². The molecule has 0 saturated carbocycles. The second-order valence-electron chi connectivity index (χ2n) is 5.10. The third-order valence-electron chi connectivity index (χ3n) is 3.87. The van der Waals surface area contributed by atoms with E-state index in [2.05, 4.69) is 33.2 Å². The quantitative estimate of drug-likeness (QED) is 0.569. The minimum atomic E-state index is -0.613. The summed E-state index contributed by atoms with van der Waals surface area (Å²) in [5.74, 6) is -0.853. The van der Waals surface area contributed by atoms with Gasteiger partial charge >= 0.3 is 0 Å². The van der Waals surface area contributed by atoms with Gasteiger partial charge in [-0.2, -0.15) is 0 Å². The van der Waals surface area contributed by atoms with Crippen molar-refractivity contribution >= 4 is 40.3 Å². The van der Waals surface area contributed by atoms with E-state index in [1.807, 2.05) is 12.1 Å². The summed E-state index contributed by atoms with van der Waals surface area (Å²) < 4.78 is 1.03. The number of nitrogens with zero attached hydrogens (tertiary/aromatic N) is 1. The zero-order valence-electron chi connectivity index (χ0n) is 11.4. The molecule has 2 aliphatic rings. The Hall–Kier alpha value is -1.48. The van der Waals surface area contributed by atoms with Gasteiger partial charge in [0.15, 0.2) is 0 Å². The van der Waals surface area contributed by atoms with Crippen molar-refractivity contribution in [2.75, 3.05) is 7.05 Å². The molecule has 1 aromatic carbocycles. The minimum Gasteiger partial charge on any atom is -0.307 e. The smallest absolute Gasteiger partial charge is 0.256 e. The standard InChI is InChI=1S/C14H14IN3O3/c1-16-12-9-6-7(15)2-3-8(9)14(21)18(12)10-4-5-11(19)17-13(10)20/h2-3,6,10,12,16H,4-5H2,1H3,(H,17,19,20). The van der Waals surface area contributed by atoms with Gasteiger partial charge in [0.25, 0.3) is 5.91 Å². The number of carbonyl (C=O) groups is 3. The third-order valence-corrected chi connectivity index (χ3v) is 4.54. The fourth-order valence-electron chi connectivity index (χ4n) is 2.92. The molecule has 2 unspecified atom stereocenters. The van der Waals surface area contributed by atoms with Crippen LogP contribution in [0.5, 0.6) is 0 Å². The van der Waals surface area contributed by atoms with Crippen molar-refractivity contribution in [2.24, 2.45) is 0 Å². The van der Waals surface area contributed by atoms with E-state index in [0.29, 0.717) is 12.0 Å². The van der Waals surface area contributed by atoms with E-state index in [1.54, 1.807) is 18.0 Å². The molecule has 0 aromatic heterocycles. The van der Waals surface area contributed by atoms with Gasteiger partial charge < -0.3 is 4.90 Å². The number of amides is 3. The SMILES string of the molecule is CNC1c2cc(I)ccc2C(=O)N1C1CCC(=O)NC1=O. The number of hydrogen-bond donors (Lipinski definition) is 2. The molecular formula is C14H14IN3O3. The van der Waals surface area contributed by atoms with Crippen molar-refractivity contribution in [3.63, 3.8) is 0 Å². The molecule has 3 amide bonds. The Morgan fingerprint density at radius 1 is 1.33 bits per heavy atom. The van der Waals surface area contributed by atoms with E-state index in [0.717, 1.165) is 9.13 Å². The summed E-state index contributed by atoms with van der Waals surface area (Å²) in [5.41, 5.74) is 1.48. The second-order valence-corrected chi connectivity index (χ2v) is 6.35. The molecule has 6 nitrogen and oxygen atoms in total. The summed E-state index contributed by atoms with van der Waals surface area (Å²) in [6.45, 7) is 0. The van der Waals surface area contributed by atoms with Crippen LogP contribution >= 0.6 is 22.6 Å². The summed E-state index contributed by atoms with van der Waals surface area (Å²) in [6, 6.07) is 4.99. The zero-order valence-corrected chi connectivity index (χ0v) is 13.5. The number of imide groups is 1. The van der Waals surface area contributed by atoms with Crippen LogP contribution in [0, 0.1) is 3.57 Å². The van der Waals surface area contributed by atoms with Gasteiger partial charge in [0, 0.05) is 21.1 Å². The number of benzene rings is 1. The molecule has 21 heavy (non-hydrogen) atoms. The van der Waals surface area contributed by atoms with Gasteiger partial charge in [-0.15, -0.1) is 0 Å². The molecule has 7 heteroatoms. The Bertz CT molecular complexity index is 646. The first-order valence-corrected chi connectivity index (χ1v) is 7.74. The van der Waals surface area contributed by atoms with Crippen molar-refractivity contribution in [3.05, 3.63) is 32.9 Å². The van der Waals surface area contributed by atoms with Gasteiger partial charge in [0.1, 0.15) is 12.2 Å². The summed E-state index contributed by atoms with van der Waals surface area (Å²) in [7, 11) is 1.76. The topological polar surface area (TPSA) is 78.5 Å². The van der Waals surface area contributed by atoms with E-state index in [9.17, 15) is 14.4 Å². The number of rotatable bonds is 2. The van der Waals surface area contributed by atoms with Crippen LogP contribution in [0.4, 0.5) is 0 Å². The monoisotopic (exact) mass is 399 g/mol. The molecule has 0 aliphatic carbocycles. The maximum absolute atomic E-state index is 12.6. The van der Waals surface area contributed by atoms with Gasteiger partial charge in [0.05, 0.1) is 0 Å².